The molecule has 1 saturated heterocycles. The fraction of sp³-hybridized carbons (Fsp3) is 0.846. The van der Waals surface area contributed by atoms with Crippen molar-refractivity contribution in [1.29, 1.82) is 0 Å². The minimum atomic E-state index is -0.756. The smallest absolute Gasteiger partial charge is 0.320 e. The number of hydrogen-bond donors (Lipinski definition) is 1. The van der Waals surface area contributed by atoms with Crippen molar-refractivity contribution >= 4 is 11.9 Å². The largest absolute Gasteiger partial charge is 0.465 e. The first-order chi connectivity index (χ1) is 8.69. The molecule has 0 aromatic heterocycles. The van der Waals surface area contributed by atoms with Gasteiger partial charge in [-0.3, -0.25) is 9.59 Å². The Hall–Kier alpha value is -1.10. The highest BCUT2D eigenvalue weighted by molar-refractivity contribution is 5.94. The zero-order valence-corrected chi connectivity index (χ0v) is 11.2. The second-order valence-electron chi connectivity index (χ2n) is 4.49. The van der Waals surface area contributed by atoms with Crippen LogP contribution >= 0.6 is 0 Å². The number of piperidine rings is 1. The summed E-state index contributed by atoms with van der Waals surface area (Å²) in [5, 5.41) is 3.26. The number of rotatable bonds is 6. The van der Waals surface area contributed by atoms with E-state index in [4.69, 9.17) is 9.47 Å². The highest BCUT2D eigenvalue weighted by Gasteiger charge is 2.32. The summed E-state index contributed by atoms with van der Waals surface area (Å²) in [5.74, 6) is -1.26. The molecule has 104 valence electrons. The number of carbonyl (C=O) groups excluding carboxylic acids is 2. The second kappa shape index (κ2) is 8.08. The van der Waals surface area contributed by atoms with Crippen LogP contribution in [0.5, 0.6) is 0 Å². The maximum Gasteiger partial charge on any atom is 0.320 e. The molecule has 5 heteroatoms. The van der Waals surface area contributed by atoms with Crippen LogP contribution in [-0.4, -0.2) is 38.2 Å². The minimum Gasteiger partial charge on any atom is -0.465 e. The van der Waals surface area contributed by atoms with Crippen LogP contribution in [0.2, 0.25) is 0 Å². The van der Waals surface area contributed by atoms with E-state index < -0.39 is 17.9 Å². The van der Waals surface area contributed by atoms with Gasteiger partial charge in [0.05, 0.1) is 13.2 Å². The summed E-state index contributed by atoms with van der Waals surface area (Å²) in [6.45, 7) is 5.96. The van der Waals surface area contributed by atoms with E-state index in [1.54, 1.807) is 13.8 Å². The van der Waals surface area contributed by atoms with Crippen molar-refractivity contribution < 1.29 is 19.1 Å². The average Bonchev–Trinajstić information content (AvgIpc) is 2.37. The molecule has 1 heterocycles. The summed E-state index contributed by atoms with van der Waals surface area (Å²) in [7, 11) is 0. The van der Waals surface area contributed by atoms with Crippen molar-refractivity contribution in [3.63, 3.8) is 0 Å². The van der Waals surface area contributed by atoms with Gasteiger partial charge in [0.25, 0.3) is 0 Å². The van der Waals surface area contributed by atoms with Gasteiger partial charge in [-0.05, 0) is 52.1 Å². The predicted molar refractivity (Wildman–Crippen MR) is 67.0 cm³/mol. The Kier molecular flexibility index (Phi) is 6.72. The normalized spacial score (nSPS) is 16.6. The molecular weight excluding hydrogens is 234 g/mol. The lowest BCUT2D eigenvalue weighted by molar-refractivity contribution is -0.162. The monoisotopic (exact) mass is 257 g/mol. The Morgan fingerprint density at radius 1 is 1.11 bits per heavy atom. The molecule has 0 saturated carbocycles. The summed E-state index contributed by atoms with van der Waals surface area (Å²) in [5.41, 5.74) is 0. The molecule has 0 bridgehead atoms. The Balaban J connectivity index is 2.57. The van der Waals surface area contributed by atoms with E-state index in [1.807, 2.05) is 0 Å². The molecule has 1 aliphatic heterocycles. The van der Waals surface area contributed by atoms with Crippen LogP contribution in [0, 0.1) is 11.8 Å². The van der Waals surface area contributed by atoms with Crippen molar-refractivity contribution in [2.45, 2.75) is 33.1 Å². The minimum absolute atomic E-state index is 0.293. The molecule has 18 heavy (non-hydrogen) atoms. The fourth-order valence-corrected chi connectivity index (χ4v) is 2.23. The predicted octanol–water partition coefficient (Wildman–Crippen LogP) is 1.12. The third kappa shape index (κ3) is 4.64. The van der Waals surface area contributed by atoms with Crippen LogP contribution < -0.4 is 5.32 Å². The first kappa shape index (κ1) is 15.0. The zero-order chi connectivity index (χ0) is 13.4. The number of ether oxygens (including phenoxy) is 2. The van der Waals surface area contributed by atoms with E-state index in [2.05, 4.69) is 5.32 Å². The summed E-state index contributed by atoms with van der Waals surface area (Å²) in [6, 6.07) is 0. The molecule has 0 aromatic rings. The molecule has 0 radical (unpaired) electrons. The quantitative estimate of drug-likeness (QED) is 0.570. The van der Waals surface area contributed by atoms with Crippen molar-refractivity contribution in [3.8, 4) is 0 Å². The molecule has 0 atom stereocenters. The highest BCUT2D eigenvalue weighted by atomic mass is 16.6. The molecule has 0 aliphatic carbocycles. The van der Waals surface area contributed by atoms with Crippen LogP contribution in [0.25, 0.3) is 0 Å². The third-order valence-corrected chi connectivity index (χ3v) is 3.17. The van der Waals surface area contributed by atoms with Crippen molar-refractivity contribution in [3.05, 3.63) is 0 Å². The van der Waals surface area contributed by atoms with Gasteiger partial charge in [-0.2, -0.15) is 0 Å². The van der Waals surface area contributed by atoms with Gasteiger partial charge >= 0.3 is 11.9 Å². The summed E-state index contributed by atoms with van der Waals surface area (Å²) in [6.07, 6.45) is 2.53. The lowest BCUT2D eigenvalue weighted by Gasteiger charge is -2.25. The Labute approximate surface area is 108 Å². The van der Waals surface area contributed by atoms with E-state index in [0.29, 0.717) is 25.6 Å². The lowest BCUT2D eigenvalue weighted by atomic mass is 9.88. The number of esters is 2. The van der Waals surface area contributed by atoms with Crippen LogP contribution in [0.15, 0.2) is 0 Å². The molecule has 1 N–H and O–H groups in total. The van der Waals surface area contributed by atoms with Crippen molar-refractivity contribution in [2.75, 3.05) is 26.3 Å². The summed E-state index contributed by atoms with van der Waals surface area (Å²) in [4.78, 5) is 23.6. The van der Waals surface area contributed by atoms with Crippen molar-refractivity contribution in [1.82, 2.24) is 5.32 Å². The van der Waals surface area contributed by atoms with E-state index in [9.17, 15) is 9.59 Å². The number of carbonyl (C=O) groups is 2. The Morgan fingerprint density at radius 2 is 1.61 bits per heavy atom. The first-order valence-corrected chi connectivity index (χ1v) is 6.73. The molecule has 0 amide bonds. The van der Waals surface area contributed by atoms with Crippen LogP contribution in [-0.2, 0) is 19.1 Å². The fourth-order valence-electron chi connectivity index (χ4n) is 2.23. The van der Waals surface area contributed by atoms with Crippen LogP contribution in [0.1, 0.15) is 33.1 Å². The van der Waals surface area contributed by atoms with Crippen LogP contribution in [0.4, 0.5) is 0 Å². The van der Waals surface area contributed by atoms with Crippen LogP contribution in [0.3, 0.4) is 0 Å². The van der Waals surface area contributed by atoms with Gasteiger partial charge in [-0.25, -0.2) is 0 Å². The Bertz CT molecular complexity index is 256. The molecule has 0 aromatic carbocycles. The van der Waals surface area contributed by atoms with E-state index in [-0.39, 0.29) is 0 Å². The standard InChI is InChI=1S/C13H23NO4/c1-3-17-12(15)11(13(16)18-4-2)9-10-5-7-14-8-6-10/h10-11,14H,3-9H2,1-2H3. The molecule has 1 aliphatic rings. The topological polar surface area (TPSA) is 64.6 Å². The Morgan fingerprint density at radius 3 is 2.06 bits per heavy atom. The van der Waals surface area contributed by atoms with Gasteiger partial charge < -0.3 is 14.8 Å². The van der Waals surface area contributed by atoms with E-state index >= 15 is 0 Å². The number of nitrogens with one attached hydrogen (secondary N) is 1. The molecule has 5 nitrogen and oxygen atoms in total. The van der Waals surface area contributed by atoms with Gasteiger partial charge in [0.1, 0.15) is 0 Å². The SMILES string of the molecule is CCOC(=O)C(CC1CCNCC1)C(=O)OCC. The molecule has 1 rings (SSSR count). The molecule has 1 fully saturated rings. The lowest BCUT2D eigenvalue weighted by Crippen LogP contribution is -2.34. The molecular formula is C13H23NO4. The van der Waals surface area contributed by atoms with Gasteiger partial charge in [-0.15, -0.1) is 0 Å². The van der Waals surface area contributed by atoms with Gasteiger partial charge in [0, 0.05) is 0 Å². The van der Waals surface area contributed by atoms with Crippen molar-refractivity contribution in [2.24, 2.45) is 11.8 Å². The maximum atomic E-state index is 11.8. The highest BCUT2D eigenvalue weighted by Crippen LogP contribution is 2.23. The summed E-state index contributed by atoms with van der Waals surface area (Å²) >= 11 is 0. The van der Waals surface area contributed by atoms with E-state index in [1.165, 1.54) is 0 Å². The van der Waals surface area contributed by atoms with E-state index in [0.717, 1.165) is 25.9 Å². The third-order valence-electron chi connectivity index (χ3n) is 3.17. The first-order valence-electron chi connectivity index (χ1n) is 6.73. The average molecular weight is 257 g/mol. The summed E-state index contributed by atoms with van der Waals surface area (Å²) < 4.78 is 9.92. The van der Waals surface area contributed by atoms with Gasteiger partial charge in [0.2, 0.25) is 0 Å². The van der Waals surface area contributed by atoms with Gasteiger partial charge in [-0.1, -0.05) is 0 Å². The zero-order valence-electron chi connectivity index (χ0n) is 11.2. The number of hydrogen-bond acceptors (Lipinski definition) is 5. The van der Waals surface area contributed by atoms with Gasteiger partial charge in [0.15, 0.2) is 5.92 Å². The maximum absolute atomic E-state index is 11.8. The second-order valence-corrected chi connectivity index (χ2v) is 4.49. The molecule has 0 spiro atoms. The molecule has 0 unspecified atom stereocenters.